The number of ether oxygens (including phenoxy) is 2. The molecule has 0 aromatic heterocycles. The normalized spacial score (nSPS) is 25.0. The molecule has 0 saturated heterocycles. The van der Waals surface area contributed by atoms with Gasteiger partial charge in [-0.2, -0.15) is 0 Å². The van der Waals surface area contributed by atoms with E-state index in [1.807, 2.05) is 0 Å². The second-order valence-corrected chi connectivity index (χ2v) is 10.1. The highest BCUT2D eigenvalue weighted by Gasteiger charge is 2.45. The van der Waals surface area contributed by atoms with E-state index in [0.29, 0.717) is 11.1 Å². The van der Waals surface area contributed by atoms with E-state index in [1.165, 1.54) is 66.7 Å². The number of aliphatic hydroxyl groups excluding tert-OH is 3. The molecule has 6 atom stereocenters. The maximum Gasteiger partial charge on any atom is 0.201 e. The minimum Gasteiger partial charge on any atom is -0.508 e. The molecule has 2 heterocycles. The Kier molecular flexibility index (Phi) is 6.22. The molecule has 4 aromatic rings. The van der Waals surface area contributed by atoms with Gasteiger partial charge in [-0.15, -0.1) is 0 Å². The number of aromatic hydroxyl groups is 6. The van der Waals surface area contributed by atoms with Crippen molar-refractivity contribution in [2.24, 2.45) is 0 Å². The molecule has 0 radical (unpaired) electrons. The van der Waals surface area contributed by atoms with Crippen molar-refractivity contribution >= 4 is 0 Å². The van der Waals surface area contributed by atoms with Crippen LogP contribution in [-0.2, 0) is 0 Å². The second kappa shape index (κ2) is 9.66. The fourth-order valence-corrected chi connectivity index (χ4v) is 5.52. The Morgan fingerprint density at radius 2 is 1.00 bits per heavy atom. The molecule has 0 fully saturated rings. The fraction of sp³-hybridized carbons (Fsp3) is 0.200. The van der Waals surface area contributed by atoms with Crippen LogP contribution < -0.4 is 9.47 Å². The Labute approximate surface area is 232 Å². The van der Waals surface area contributed by atoms with Gasteiger partial charge < -0.3 is 55.4 Å². The minimum absolute atomic E-state index is 0.0228. The first kappa shape index (κ1) is 26.4. The van der Waals surface area contributed by atoms with Gasteiger partial charge in [0.15, 0.2) is 35.2 Å². The monoisotopic (exact) mass is 562 g/mol. The predicted molar refractivity (Wildman–Crippen MR) is 141 cm³/mol. The van der Waals surface area contributed by atoms with Gasteiger partial charge in [-0.3, -0.25) is 0 Å². The Morgan fingerprint density at radius 3 is 1.56 bits per heavy atom. The second-order valence-electron chi connectivity index (χ2n) is 10.1. The fourth-order valence-electron chi connectivity index (χ4n) is 5.52. The van der Waals surface area contributed by atoms with Gasteiger partial charge in [-0.25, -0.2) is 0 Å². The smallest absolute Gasteiger partial charge is 0.201 e. The topological polar surface area (TPSA) is 201 Å². The number of phenolic OH excluding ortho intramolecular Hbond substituents is 6. The summed E-state index contributed by atoms with van der Waals surface area (Å²) in [4.78, 5) is 0. The number of hydrogen-bond acceptors (Lipinski definition) is 11. The van der Waals surface area contributed by atoms with Crippen molar-refractivity contribution in [2.75, 3.05) is 0 Å². The molecule has 41 heavy (non-hydrogen) atoms. The van der Waals surface area contributed by atoms with E-state index in [2.05, 4.69) is 0 Å². The van der Waals surface area contributed by atoms with Crippen molar-refractivity contribution in [2.45, 2.75) is 36.4 Å². The maximum atomic E-state index is 11.6. The van der Waals surface area contributed by atoms with Gasteiger partial charge in [-0.05, 0) is 47.5 Å². The van der Waals surface area contributed by atoms with Gasteiger partial charge in [0.05, 0.1) is 0 Å². The van der Waals surface area contributed by atoms with Crippen LogP contribution in [0.5, 0.6) is 46.0 Å². The largest absolute Gasteiger partial charge is 0.508 e. The summed E-state index contributed by atoms with van der Waals surface area (Å²) >= 11 is 0. The van der Waals surface area contributed by atoms with Crippen LogP contribution in [0.4, 0.5) is 0 Å². The summed E-state index contributed by atoms with van der Waals surface area (Å²) in [6, 6.07) is 15.3. The predicted octanol–water partition coefficient (Wildman–Crippen LogP) is 3.07. The van der Waals surface area contributed by atoms with E-state index >= 15 is 0 Å². The molecule has 0 aliphatic carbocycles. The molecular formula is C30H26O11. The van der Waals surface area contributed by atoms with E-state index in [-0.39, 0.29) is 39.7 Å². The molecular weight excluding hydrogens is 536 g/mol. The molecule has 0 saturated carbocycles. The molecule has 0 amide bonds. The number of rotatable bonds is 3. The molecule has 0 unspecified atom stereocenters. The SMILES string of the molecule is Oc1ccc([C@H]2Oc3c(ccc(O)c3O)[C@H](c3cc4c(c(O)c3O)O[C@H](c3ccc(O)cc3)[C@@H](O)[C@@H]4O)[C@H]2O)cc1. The zero-order chi connectivity index (χ0) is 29.2. The summed E-state index contributed by atoms with van der Waals surface area (Å²) in [6.07, 6.45) is -6.87. The Morgan fingerprint density at radius 1 is 0.488 bits per heavy atom. The lowest BCUT2D eigenvalue weighted by atomic mass is 9.78. The van der Waals surface area contributed by atoms with Crippen molar-refractivity contribution in [3.05, 3.63) is 94.5 Å². The highest BCUT2D eigenvalue weighted by molar-refractivity contribution is 5.65. The molecule has 0 bridgehead atoms. The zero-order valence-corrected chi connectivity index (χ0v) is 21.2. The summed E-state index contributed by atoms with van der Waals surface area (Å²) in [7, 11) is 0. The first-order chi connectivity index (χ1) is 19.6. The van der Waals surface area contributed by atoms with E-state index < -0.39 is 59.4 Å². The third-order valence-electron chi connectivity index (χ3n) is 7.63. The van der Waals surface area contributed by atoms with Gasteiger partial charge in [0.1, 0.15) is 29.8 Å². The van der Waals surface area contributed by atoms with Crippen molar-refractivity contribution in [3.8, 4) is 46.0 Å². The molecule has 9 N–H and O–H groups in total. The highest BCUT2D eigenvalue weighted by Crippen LogP contribution is 2.57. The lowest BCUT2D eigenvalue weighted by Crippen LogP contribution is -2.36. The average Bonchev–Trinajstić information content (AvgIpc) is 2.96. The lowest BCUT2D eigenvalue weighted by molar-refractivity contribution is -0.0711. The van der Waals surface area contributed by atoms with Crippen LogP contribution in [0.15, 0.2) is 66.7 Å². The maximum absolute atomic E-state index is 11.6. The number of aliphatic hydroxyl groups is 3. The Balaban J connectivity index is 1.49. The summed E-state index contributed by atoms with van der Waals surface area (Å²) in [5, 5.41) is 96.0. The third-order valence-corrected chi connectivity index (χ3v) is 7.63. The van der Waals surface area contributed by atoms with Crippen LogP contribution in [0.25, 0.3) is 0 Å². The summed E-state index contributed by atoms with van der Waals surface area (Å²) in [5.41, 5.74) is 0.799. The van der Waals surface area contributed by atoms with Crippen molar-refractivity contribution in [1.82, 2.24) is 0 Å². The van der Waals surface area contributed by atoms with Crippen LogP contribution in [0.2, 0.25) is 0 Å². The molecule has 2 aliphatic rings. The standard InChI is InChI=1S/C30H26O11/c31-14-5-1-12(2-6-14)27-24(37)20(16-9-10-19(33)23(36)29(16)40-27)17-11-18-22(35)25(38)28(13-3-7-15(32)8-4-13)41-30(18)26(39)21(17)34/h1-11,20,22,24-25,27-28,31-39H/t20-,22-,24-,25+,27-,28-/m1/s1. The van der Waals surface area contributed by atoms with E-state index in [0.717, 1.165) is 0 Å². The molecule has 212 valence electrons. The van der Waals surface area contributed by atoms with Crippen LogP contribution in [0.1, 0.15) is 52.0 Å². The van der Waals surface area contributed by atoms with Gasteiger partial charge >= 0.3 is 0 Å². The van der Waals surface area contributed by atoms with Crippen molar-refractivity contribution < 1.29 is 55.4 Å². The van der Waals surface area contributed by atoms with Crippen LogP contribution in [0, 0.1) is 0 Å². The summed E-state index contributed by atoms with van der Waals surface area (Å²) in [6.45, 7) is 0. The molecule has 2 aliphatic heterocycles. The minimum atomic E-state index is -1.60. The quantitative estimate of drug-likeness (QED) is 0.166. The Bertz CT molecular complexity index is 1620. The average molecular weight is 563 g/mol. The summed E-state index contributed by atoms with van der Waals surface area (Å²) in [5.74, 6) is -4.25. The van der Waals surface area contributed by atoms with E-state index in [1.54, 1.807) is 0 Å². The van der Waals surface area contributed by atoms with Gasteiger partial charge in [0, 0.05) is 22.6 Å². The Hall–Kier alpha value is -4.84. The van der Waals surface area contributed by atoms with E-state index in [4.69, 9.17) is 9.47 Å². The molecule has 11 heteroatoms. The number of phenols is 6. The number of benzene rings is 4. The van der Waals surface area contributed by atoms with Crippen LogP contribution in [-0.4, -0.2) is 58.2 Å². The van der Waals surface area contributed by atoms with E-state index in [9.17, 15) is 46.0 Å². The molecule has 4 aromatic carbocycles. The van der Waals surface area contributed by atoms with Crippen LogP contribution in [0.3, 0.4) is 0 Å². The lowest BCUT2D eigenvalue weighted by Gasteiger charge is -2.39. The first-order valence-electron chi connectivity index (χ1n) is 12.7. The van der Waals surface area contributed by atoms with Gasteiger partial charge in [0.2, 0.25) is 11.5 Å². The number of hydrogen-bond donors (Lipinski definition) is 9. The molecule has 11 nitrogen and oxygen atoms in total. The molecule has 0 spiro atoms. The third kappa shape index (κ3) is 4.18. The number of fused-ring (bicyclic) bond motifs is 2. The zero-order valence-electron chi connectivity index (χ0n) is 21.2. The highest BCUT2D eigenvalue weighted by atomic mass is 16.5. The first-order valence-corrected chi connectivity index (χ1v) is 12.7. The molecule has 6 rings (SSSR count). The van der Waals surface area contributed by atoms with Gasteiger partial charge in [0.25, 0.3) is 0 Å². The van der Waals surface area contributed by atoms with Crippen molar-refractivity contribution in [3.63, 3.8) is 0 Å². The van der Waals surface area contributed by atoms with Crippen LogP contribution >= 0.6 is 0 Å². The summed E-state index contributed by atoms with van der Waals surface area (Å²) < 4.78 is 11.7. The van der Waals surface area contributed by atoms with Gasteiger partial charge in [-0.1, -0.05) is 30.3 Å². The van der Waals surface area contributed by atoms with Crippen molar-refractivity contribution in [1.29, 1.82) is 0 Å².